The number of nitrogens with zero attached hydrogens (tertiary/aromatic N) is 2. The van der Waals surface area contributed by atoms with E-state index in [0.29, 0.717) is 12.5 Å². The van der Waals surface area contributed by atoms with Gasteiger partial charge in [-0.1, -0.05) is 6.07 Å². The number of ether oxygens (including phenoxy) is 2. The molecular weight excluding hydrogens is 230 g/mol. The maximum Gasteiger partial charge on any atom is 0.215 e. The van der Waals surface area contributed by atoms with E-state index >= 15 is 0 Å². The lowest BCUT2D eigenvalue weighted by Crippen LogP contribution is -2.43. The van der Waals surface area contributed by atoms with Crippen molar-refractivity contribution >= 4 is 5.82 Å². The fourth-order valence-corrected chi connectivity index (χ4v) is 1.95. The average molecular weight is 251 g/mol. The molecule has 0 spiro atoms. The van der Waals surface area contributed by atoms with Crippen LogP contribution in [0.15, 0.2) is 18.2 Å². The van der Waals surface area contributed by atoms with Crippen LogP contribution in [0.2, 0.25) is 0 Å². The van der Waals surface area contributed by atoms with Gasteiger partial charge in [0.15, 0.2) is 0 Å². The molecule has 0 radical (unpaired) electrons. The molecule has 0 amide bonds. The quantitative estimate of drug-likeness (QED) is 0.852. The first-order chi connectivity index (χ1) is 8.78. The van der Waals surface area contributed by atoms with Crippen LogP contribution in [-0.2, 0) is 4.74 Å². The Morgan fingerprint density at radius 3 is 3.22 bits per heavy atom. The van der Waals surface area contributed by atoms with Gasteiger partial charge in [0.2, 0.25) is 5.88 Å². The van der Waals surface area contributed by atoms with Gasteiger partial charge in [0.1, 0.15) is 5.82 Å². The van der Waals surface area contributed by atoms with Gasteiger partial charge in [0.05, 0.1) is 19.3 Å². The summed E-state index contributed by atoms with van der Waals surface area (Å²) in [6, 6.07) is 5.74. The summed E-state index contributed by atoms with van der Waals surface area (Å²) in [5.41, 5.74) is 0. The first kappa shape index (κ1) is 13.1. The van der Waals surface area contributed by atoms with E-state index in [9.17, 15) is 0 Å². The summed E-state index contributed by atoms with van der Waals surface area (Å²) in [6.07, 6.45) is 0.223. The summed E-state index contributed by atoms with van der Waals surface area (Å²) in [5, 5.41) is 3.29. The van der Waals surface area contributed by atoms with E-state index in [1.54, 1.807) is 0 Å². The van der Waals surface area contributed by atoms with Crippen molar-refractivity contribution in [1.82, 2.24) is 9.88 Å². The molecule has 0 aliphatic carbocycles. The van der Waals surface area contributed by atoms with Crippen molar-refractivity contribution in [2.75, 3.05) is 45.2 Å². The smallest absolute Gasteiger partial charge is 0.215 e. The number of hydrogen-bond acceptors (Lipinski definition) is 5. The van der Waals surface area contributed by atoms with E-state index in [0.717, 1.165) is 32.1 Å². The summed E-state index contributed by atoms with van der Waals surface area (Å²) < 4.78 is 11.0. The number of likely N-dealkylation sites (N-methyl/N-ethyl adjacent to an activating group) is 1. The van der Waals surface area contributed by atoms with Gasteiger partial charge >= 0.3 is 0 Å². The van der Waals surface area contributed by atoms with Crippen LogP contribution in [0.1, 0.15) is 6.92 Å². The lowest BCUT2D eigenvalue weighted by Gasteiger charge is -2.30. The molecule has 0 bridgehead atoms. The standard InChI is InChI=1S/C13H21N3O2/c1-3-17-13-6-4-5-12(15-13)14-9-11-10-16(2)7-8-18-11/h4-6,11H,3,7-10H2,1-2H3,(H,14,15). The lowest BCUT2D eigenvalue weighted by molar-refractivity contribution is -0.0117. The fraction of sp³-hybridized carbons (Fsp3) is 0.615. The monoisotopic (exact) mass is 251 g/mol. The Balaban J connectivity index is 1.83. The minimum atomic E-state index is 0.223. The zero-order valence-electron chi connectivity index (χ0n) is 11.1. The van der Waals surface area contributed by atoms with Crippen molar-refractivity contribution in [1.29, 1.82) is 0 Å². The van der Waals surface area contributed by atoms with E-state index in [2.05, 4.69) is 22.2 Å². The third-order valence-corrected chi connectivity index (χ3v) is 2.87. The zero-order chi connectivity index (χ0) is 12.8. The maximum atomic E-state index is 5.68. The summed E-state index contributed by atoms with van der Waals surface area (Å²) in [7, 11) is 2.11. The average Bonchev–Trinajstić information content (AvgIpc) is 2.37. The Kier molecular flexibility index (Phi) is 4.78. The SMILES string of the molecule is CCOc1cccc(NCC2CN(C)CCO2)n1. The number of hydrogen-bond donors (Lipinski definition) is 1. The molecule has 100 valence electrons. The van der Waals surface area contributed by atoms with Gasteiger partial charge in [-0.05, 0) is 20.0 Å². The Bertz CT molecular complexity index is 373. The van der Waals surface area contributed by atoms with Crippen LogP contribution >= 0.6 is 0 Å². The first-order valence-electron chi connectivity index (χ1n) is 6.42. The molecule has 1 unspecified atom stereocenters. The van der Waals surface area contributed by atoms with Gasteiger partial charge in [-0.15, -0.1) is 0 Å². The first-order valence-corrected chi connectivity index (χ1v) is 6.42. The molecule has 5 heteroatoms. The third kappa shape index (κ3) is 3.85. The van der Waals surface area contributed by atoms with Crippen molar-refractivity contribution in [3.05, 3.63) is 18.2 Å². The maximum absolute atomic E-state index is 5.68. The Morgan fingerprint density at radius 1 is 1.56 bits per heavy atom. The van der Waals surface area contributed by atoms with E-state index in [4.69, 9.17) is 9.47 Å². The minimum absolute atomic E-state index is 0.223. The highest BCUT2D eigenvalue weighted by Crippen LogP contribution is 2.12. The van der Waals surface area contributed by atoms with E-state index < -0.39 is 0 Å². The van der Waals surface area contributed by atoms with Gasteiger partial charge in [-0.3, -0.25) is 0 Å². The van der Waals surface area contributed by atoms with Crippen LogP contribution in [0, 0.1) is 0 Å². The highest BCUT2D eigenvalue weighted by molar-refractivity contribution is 5.37. The molecule has 1 aliphatic rings. The molecule has 5 nitrogen and oxygen atoms in total. The number of anilines is 1. The van der Waals surface area contributed by atoms with Crippen LogP contribution in [0.4, 0.5) is 5.82 Å². The Labute approximate surface area is 108 Å². The number of pyridine rings is 1. The molecule has 1 aliphatic heterocycles. The molecule has 0 saturated carbocycles. The molecule has 1 N–H and O–H groups in total. The normalized spacial score (nSPS) is 20.7. The summed E-state index contributed by atoms with van der Waals surface area (Å²) in [6.45, 7) is 6.12. The number of nitrogens with one attached hydrogen (secondary N) is 1. The molecule has 1 saturated heterocycles. The van der Waals surface area contributed by atoms with Gasteiger partial charge < -0.3 is 19.7 Å². The molecule has 1 aromatic rings. The van der Waals surface area contributed by atoms with Gasteiger partial charge in [-0.2, -0.15) is 4.98 Å². The van der Waals surface area contributed by atoms with Crippen molar-refractivity contribution in [3.8, 4) is 5.88 Å². The molecule has 1 aromatic heterocycles. The van der Waals surface area contributed by atoms with Crippen molar-refractivity contribution in [2.24, 2.45) is 0 Å². The van der Waals surface area contributed by atoms with Crippen LogP contribution in [0.5, 0.6) is 5.88 Å². The van der Waals surface area contributed by atoms with Crippen LogP contribution < -0.4 is 10.1 Å². The second-order valence-electron chi connectivity index (χ2n) is 4.43. The predicted molar refractivity (Wildman–Crippen MR) is 71.1 cm³/mol. The summed E-state index contributed by atoms with van der Waals surface area (Å²) in [5.74, 6) is 1.49. The fourth-order valence-electron chi connectivity index (χ4n) is 1.95. The summed E-state index contributed by atoms with van der Waals surface area (Å²) >= 11 is 0. The molecule has 2 heterocycles. The largest absolute Gasteiger partial charge is 0.478 e. The molecule has 18 heavy (non-hydrogen) atoms. The molecule has 1 fully saturated rings. The number of morpholine rings is 1. The summed E-state index contributed by atoms with van der Waals surface area (Å²) in [4.78, 5) is 6.64. The topological polar surface area (TPSA) is 46.6 Å². The van der Waals surface area contributed by atoms with Crippen molar-refractivity contribution < 1.29 is 9.47 Å². The highest BCUT2D eigenvalue weighted by atomic mass is 16.5. The molecule has 2 rings (SSSR count). The highest BCUT2D eigenvalue weighted by Gasteiger charge is 2.17. The lowest BCUT2D eigenvalue weighted by atomic mass is 10.3. The van der Waals surface area contributed by atoms with E-state index in [1.807, 2.05) is 25.1 Å². The minimum Gasteiger partial charge on any atom is -0.478 e. The molecular formula is C13H21N3O2. The van der Waals surface area contributed by atoms with Crippen LogP contribution in [-0.4, -0.2) is 55.9 Å². The van der Waals surface area contributed by atoms with E-state index in [1.165, 1.54) is 0 Å². The van der Waals surface area contributed by atoms with Crippen molar-refractivity contribution in [3.63, 3.8) is 0 Å². The van der Waals surface area contributed by atoms with Gasteiger partial charge in [-0.25, -0.2) is 0 Å². The van der Waals surface area contributed by atoms with E-state index in [-0.39, 0.29) is 6.10 Å². The molecule has 1 atom stereocenters. The zero-order valence-corrected chi connectivity index (χ0v) is 11.1. The second kappa shape index (κ2) is 6.56. The van der Waals surface area contributed by atoms with Gasteiger partial charge in [0.25, 0.3) is 0 Å². The van der Waals surface area contributed by atoms with Crippen LogP contribution in [0.25, 0.3) is 0 Å². The Morgan fingerprint density at radius 2 is 2.44 bits per heavy atom. The van der Waals surface area contributed by atoms with Crippen molar-refractivity contribution in [2.45, 2.75) is 13.0 Å². The molecule has 0 aromatic carbocycles. The Hall–Kier alpha value is -1.33. The predicted octanol–water partition coefficient (Wildman–Crippen LogP) is 1.22. The van der Waals surface area contributed by atoms with Crippen LogP contribution in [0.3, 0.4) is 0 Å². The second-order valence-corrected chi connectivity index (χ2v) is 4.43. The number of rotatable bonds is 5. The third-order valence-electron chi connectivity index (χ3n) is 2.87. The number of aromatic nitrogens is 1. The van der Waals surface area contributed by atoms with Gasteiger partial charge in [0, 0.05) is 25.7 Å².